The molecule has 0 aromatic heterocycles. The molecule has 3 rings (SSSR count). The van der Waals surface area contributed by atoms with Crippen molar-refractivity contribution in [1.82, 2.24) is 4.90 Å². The van der Waals surface area contributed by atoms with E-state index in [1.54, 1.807) is 0 Å². The van der Waals surface area contributed by atoms with E-state index in [1.807, 2.05) is 0 Å². The molecule has 3 aliphatic rings. The van der Waals surface area contributed by atoms with Gasteiger partial charge in [-0.2, -0.15) is 0 Å². The average Bonchev–Trinajstić information content (AvgIpc) is 2.89. The van der Waals surface area contributed by atoms with Gasteiger partial charge in [-0.05, 0) is 0 Å². The molecule has 0 saturated carbocycles. The fourth-order valence-corrected chi connectivity index (χ4v) is 5.06. The van der Waals surface area contributed by atoms with Gasteiger partial charge < -0.3 is 80.6 Å². The molecule has 0 spiro atoms. The van der Waals surface area contributed by atoms with Crippen LogP contribution in [0.1, 0.15) is 0 Å². The van der Waals surface area contributed by atoms with Crippen LogP contribution < -0.4 is 0 Å². The quantitative estimate of drug-likeness (QED) is 0.131. The molecule has 3 fully saturated rings. The van der Waals surface area contributed by atoms with Gasteiger partial charge in [0.05, 0.1) is 26.4 Å². The van der Waals surface area contributed by atoms with E-state index < -0.39 is 124 Å². The van der Waals surface area contributed by atoms with Crippen molar-refractivity contribution >= 4 is 5.97 Å². The van der Waals surface area contributed by atoms with Crippen LogP contribution in [-0.2, 0) is 19.0 Å². The van der Waals surface area contributed by atoms with E-state index in [2.05, 4.69) is 0 Å². The highest BCUT2D eigenvalue weighted by Gasteiger charge is 2.66. The van der Waals surface area contributed by atoms with Crippen LogP contribution in [0, 0.1) is 0 Å². The molecule has 0 aromatic rings. The SMILES string of the molecule is O=C(O)[C@@](CO)(C1O[C@H](CO)[C@H](O)[C@H](O)[C@H]1O)N(C1O[C@H](CO)[C@H](O)[C@H](O)[C@H]1O)C1OC[C@@H](O)[C@H](O)[C@H]1O. The zero-order valence-corrected chi connectivity index (χ0v) is 19.8. The highest BCUT2D eigenvalue weighted by Crippen LogP contribution is 2.40. The molecule has 15 atom stereocenters. The van der Waals surface area contributed by atoms with Gasteiger partial charge in [0.15, 0.2) is 5.54 Å². The van der Waals surface area contributed by atoms with Crippen molar-refractivity contribution in [2.45, 2.75) is 91.2 Å². The van der Waals surface area contributed by atoms with Crippen LogP contribution in [-0.4, -0.2) is 195 Å². The third-order valence-electron chi connectivity index (χ3n) is 7.32. The molecule has 3 saturated heterocycles. The van der Waals surface area contributed by atoms with E-state index in [1.165, 1.54) is 0 Å². The fourth-order valence-electron chi connectivity index (χ4n) is 5.06. The lowest BCUT2D eigenvalue weighted by Crippen LogP contribution is -2.81. The molecule has 3 heterocycles. The smallest absolute Gasteiger partial charge is 0.329 e. The third kappa shape index (κ3) is 5.05. The van der Waals surface area contributed by atoms with Crippen LogP contribution in [0.5, 0.6) is 0 Å². The number of rotatable bonds is 8. The summed E-state index contributed by atoms with van der Waals surface area (Å²) in [5.74, 6) is -2.07. The summed E-state index contributed by atoms with van der Waals surface area (Å²) in [6.45, 7) is -4.31. The van der Waals surface area contributed by atoms with Gasteiger partial charge >= 0.3 is 5.97 Å². The van der Waals surface area contributed by atoms with E-state index in [0.29, 0.717) is 4.90 Å². The minimum atomic E-state index is -3.13. The van der Waals surface area contributed by atoms with Gasteiger partial charge in [0, 0.05) is 0 Å². The van der Waals surface area contributed by atoms with Crippen molar-refractivity contribution in [3.05, 3.63) is 0 Å². The number of carbonyl (C=O) groups is 1. The lowest BCUT2D eigenvalue weighted by Gasteiger charge is -2.57. The Morgan fingerprint density at radius 3 is 1.68 bits per heavy atom. The molecular formula is C20H35NO17. The Morgan fingerprint density at radius 1 is 0.684 bits per heavy atom. The molecule has 18 nitrogen and oxygen atoms in total. The van der Waals surface area contributed by atoms with E-state index in [0.717, 1.165) is 0 Å². The molecule has 3 unspecified atom stereocenters. The molecule has 0 aliphatic carbocycles. The van der Waals surface area contributed by atoms with Gasteiger partial charge in [-0.3, -0.25) is 4.79 Å². The zero-order chi connectivity index (χ0) is 28.7. The monoisotopic (exact) mass is 561 g/mol. The maximum Gasteiger partial charge on any atom is 0.329 e. The van der Waals surface area contributed by atoms with Crippen LogP contribution >= 0.6 is 0 Å². The summed E-state index contributed by atoms with van der Waals surface area (Å²) in [4.78, 5) is 13.3. The molecule has 0 amide bonds. The Morgan fingerprint density at radius 2 is 1.18 bits per heavy atom. The summed E-state index contributed by atoms with van der Waals surface area (Å²) < 4.78 is 16.2. The number of nitrogens with zero attached hydrogens (tertiary/aromatic N) is 1. The maximum atomic E-state index is 12.9. The maximum absolute atomic E-state index is 12.9. The highest BCUT2D eigenvalue weighted by molar-refractivity contribution is 5.80. The summed E-state index contributed by atoms with van der Waals surface area (Å²) in [6.07, 6.45) is -28.6. The Hall–Kier alpha value is -1.17. The first-order valence-corrected chi connectivity index (χ1v) is 11.7. The van der Waals surface area contributed by atoms with Gasteiger partial charge in [0.25, 0.3) is 0 Å². The molecule has 0 radical (unpaired) electrons. The number of aliphatic hydroxyl groups is 12. The number of hydrogen-bond acceptors (Lipinski definition) is 17. The normalized spacial score (nSPS) is 48.0. The van der Waals surface area contributed by atoms with Crippen molar-refractivity contribution in [1.29, 1.82) is 0 Å². The average molecular weight is 561 g/mol. The van der Waals surface area contributed by atoms with Gasteiger partial charge in [-0.1, -0.05) is 0 Å². The van der Waals surface area contributed by atoms with Crippen LogP contribution in [0.15, 0.2) is 0 Å². The Kier molecular flexibility index (Phi) is 10.0. The largest absolute Gasteiger partial charge is 0.480 e. The van der Waals surface area contributed by atoms with Gasteiger partial charge in [0.2, 0.25) is 0 Å². The molecule has 18 heteroatoms. The van der Waals surface area contributed by atoms with E-state index in [-0.39, 0.29) is 0 Å². The van der Waals surface area contributed by atoms with E-state index in [4.69, 9.17) is 14.2 Å². The number of carboxylic acids is 1. The van der Waals surface area contributed by atoms with Crippen LogP contribution in [0.4, 0.5) is 0 Å². The first-order valence-electron chi connectivity index (χ1n) is 11.7. The van der Waals surface area contributed by atoms with E-state index in [9.17, 15) is 71.2 Å². The van der Waals surface area contributed by atoms with Crippen LogP contribution in [0.2, 0.25) is 0 Å². The highest BCUT2D eigenvalue weighted by atomic mass is 16.6. The topological polar surface area (TPSA) is 311 Å². The molecule has 222 valence electrons. The second kappa shape index (κ2) is 12.1. The summed E-state index contributed by atoms with van der Waals surface area (Å²) >= 11 is 0. The molecular weight excluding hydrogens is 526 g/mol. The standard InChI is InChI=1S/C20H35NO17/c22-1-6-9(27)11(29)13(31)16(37-6)20(4-24,19(34)35)21(17-14(32)8(26)5(25)3-36-17)18-15(33)12(30)10(28)7(2-23)38-18/h5-18,22-33H,1-4H2,(H,34,35)/t5-,6-,7-,8+,9+,10+,11+,12+,13-,14-,15-,16?,17?,18?,20-/m1/s1. The number of hydrogen-bond donors (Lipinski definition) is 13. The number of aliphatic hydroxyl groups excluding tert-OH is 12. The summed E-state index contributed by atoms with van der Waals surface area (Å²) in [6, 6.07) is 0. The van der Waals surface area contributed by atoms with Crippen molar-refractivity contribution in [3.8, 4) is 0 Å². The first-order chi connectivity index (χ1) is 17.8. The number of carboxylic acid groups (broad SMARTS) is 1. The van der Waals surface area contributed by atoms with Crippen molar-refractivity contribution in [3.63, 3.8) is 0 Å². The predicted octanol–water partition coefficient (Wildman–Crippen LogP) is -8.81. The summed E-state index contributed by atoms with van der Waals surface area (Å²) in [5, 5.41) is 134. The van der Waals surface area contributed by atoms with Crippen molar-refractivity contribution < 1.29 is 85.4 Å². The summed E-state index contributed by atoms with van der Waals surface area (Å²) in [5.41, 5.74) is -3.13. The van der Waals surface area contributed by atoms with Crippen molar-refractivity contribution in [2.75, 3.05) is 26.4 Å². The molecule has 0 bridgehead atoms. The first kappa shape index (κ1) is 31.4. The molecule has 38 heavy (non-hydrogen) atoms. The lowest BCUT2D eigenvalue weighted by molar-refractivity contribution is -0.348. The van der Waals surface area contributed by atoms with Crippen molar-refractivity contribution in [2.24, 2.45) is 0 Å². The van der Waals surface area contributed by atoms with Gasteiger partial charge in [-0.25, -0.2) is 4.90 Å². The van der Waals surface area contributed by atoms with Gasteiger partial charge in [0.1, 0.15) is 85.7 Å². The minimum Gasteiger partial charge on any atom is -0.480 e. The Balaban J connectivity index is 2.23. The number of aliphatic carboxylic acids is 1. The van der Waals surface area contributed by atoms with Crippen LogP contribution in [0.3, 0.4) is 0 Å². The van der Waals surface area contributed by atoms with Gasteiger partial charge in [-0.15, -0.1) is 0 Å². The Bertz CT molecular complexity index is 803. The molecule has 3 aliphatic heterocycles. The second-order valence-corrected chi connectivity index (χ2v) is 9.54. The summed E-state index contributed by atoms with van der Waals surface area (Å²) in [7, 11) is 0. The molecule has 13 N–H and O–H groups in total. The Labute approximate surface area is 214 Å². The lowest BCUT2D eigenvalue weighted by atomic mass is 9.79. The zero-order valence-electron chi connectivity index (χ0n) is 19.8. The molecule has 0 aromatic carbocycles. The number of ether oxygens (including phenoxy) is 3. The second-order valence-electron chi connectivity index (χ2n) is 9.54. The van der Waals surface area contributed by atoms with E-state index >= 15 is 0 Å². The van der Waals surface area contributed by atoms with Crippen LogP contribution in [0.25, 0.3) is 0 Å². The predicted molar refractivity (Wildman–Crippen MR) is 115 cm³/mol. The third-order valence-corrected chi connectivity index (χ3v) is 7.32. The fraction of sp³-hybridized carbons (Fsp3) is 0.950. The minimum absolute atomic E-state index is 0.365.